The van der Waals surface area contributed by atoms with Gasteiger partial charge >= 0.3 is 17.9 Å². The average molecular weight is 496 g/mol. The second-order valence-corrected chi connectivity index (χ2v) is 7.69. The van der Waals surface area contributed by atoms with E-state index in [9.17, 15) is 60.0 Å². The minimum atomic E-state index is -3.38. The molecule has 1 saturated heterocycles. The van der Waals surface area contributed by atoms with Crippen molar-refractivity contribution in [2.75, 3.05) is 26.8 Å². The predicted molar refractivity (Wildman–Crippen MR) is 106 cm³/mol. The molecule has 0 radical (unpaired) electrons. The molecule has 0 aromatic heterocycles. The summed E-state index contributed by atoms with van der Waals surface area (Å²) in [4.78, 5) is 48.1. The monoisotopic (exact) mass is 496 g/mol. The fourth-order valence-corrected chi connectivity index (χ4v) is 3.52. The van der Waals surface area contributed by atoms with Crippen molar-refractivity contribution in [1.29, 1.82) is 5.41 Å². The quantitative estimate of drug-likeness (QED) is 0.0990. The predicted octanol–water partition coefficient (Wildman–Crippen LogP) is -6.17. The zero-order chi connectivity index (χ0) is 26.5. The highest BCUT2D eigenvalue weighted by Gasteiger charge is 2.52. The number of nitrogens with one attached hydrogen (secondary N) is 2. The number of amides is 1. The van der Waals surface area contributed by atoms with Gasteiger partial charge in [0.1, 0.15) is 18.3 Å². The summed E-state index contributed by atoms with van der Waals surface area (Å²) in [5, 5.41) is 96.3. The number of carbonyl (C=O) groups excluding carboxylic acids is 1. The molecule has 0 aliphatic carbocycles. The molecule has 1 rings (SSSR count). The number of likely N-dealkylation sites (N-methyl/N-ethyl adjacent to an activating group) is 1. The Balaban J connectivity index is 3.10. The van der Waals surface area contributed by atoms with E-state index in [4.69, 9.17) is 10.5 Å². The molecule has 1 heterocycles. The van der Waals surface area contributed by atoms with E-state index in [1.54, 1.807) is 0 Å². The molecule has 1 amide bonds. The highest BCUT2D eigenvalue weighted by Crippen LogP contribution is 2.25. The minimum Gasteiger partial charge on any atom is -0.481 e. The van der Waals surface area contributed by atoms with Crippen LogP contribution in [0, 0.1) is 5.41 Å². The molecule has 34 heavy (non-hydrogen) atoms. The number of likely N-dealkylation sites (tertiary alicyclic amines) is 1. The van der Waals surface area contributed by atoms with E-state index in [-0.39, 0.29) is 0 Å². The average Bonchev–Trinajstić information content (AvgIpc) is 2.74. The van der Waals surface area contributed by atoms with Gasteiger partial charge in [-0.3, -0.25) is 15.0 Å². The molecular weight excluding hydrogens is 468 g/mol. The summed E-state index contributed by atoms with van der Waals surface area (Å²) in [6.45, 7) is -2.58. The number of aliphatic hydroxyl groups excluding tert-OH is 5. The lowest BCUT2D eigenvalue weighted by Crippen LogP contribution is -2.70. The molecule has 194 valence electrons. The summed E-state index contributed by atoms with van der Waals surface area (Å²) in [5.41, 5.74) is -3.38. The maximum atomic E-state index is 12.8. The molecule has 6 atom stereocenters. The van der Waals surface area contributed by atoms with Gasteiger partial charge in [0.15, 0.2) is 12.0 Å². The fraction of sp³-hybridized carbons (Fsp3) is 0.706. The fourth-order valence-electron chi connectivity index (χ4n) is 3.52. The van der Waals surface area contributed by atoms with Crippen LogP contribution in [0.25, 0.3) is 0 Å². The molecular formula is C17H28N4O13. The van der Waals surface area contributed by atoms with Gasteiger partial charge in [-0.05, 0) is 0 Å². The van der Waals surface area contributed by atoms with E-state index in [1.807, 2.05) is 5.32 Å². The summed E-state index contributed by atoms with van der Waals surface area (Å²) < 4.78 is 0. The van der Waals surface area contributed by atoms with Gasteiger partial charge in [-0.25, -0.2) is 9.59 Å². The first-order valence-corrected chi connectivity index (χ1v) is 9.67. The number of aliphatic carboxylic acids is 3. The second-order valence-electron chi connectivity index (χ2n) is 7.69. The lowest BCUT2D eigenvalue weighted by Gasteiger charge is -2.48. The molecule has 1 aliphatic rings. The van der Waals surface area contributed by atoms with Crippen molar-refractivity contribution < 1.29 is 65.1 Å². The second kappa shape index (κ2) is 11.4. The van der Waals surface area contributed by atoms with Crippen LogP contribution in [0.2, 0.25) is 0 Å². The molecule has 0 spiro atoms. The Morgan fingerprint density at radius 1 is 1.00 bits per heavy atom. The normalized spacial score (nSPS) is 27.3. The Hall–Kier alpha value is -3.09. The van der Waals surface area contributed by atoms with Gasteiger partial charge in [-0.2, -0.15) is 0 Å². The van der Waals surface area contributed by atoms with Gasteiger partial charge in [0.2, 0.25) is 11.5 Å². The Bertz CT molecular complexity index is 792. The Kier molecular flexibility index (Phi) is 9.67. The highest BCUT2D eigenvalue weighted by molar-refractivity contribution is 5.95. The minimum absolute atomic E-state index is 0.693. The third-order valence-electron chi connectivity index (χ3n) is 5.42. The van der Waals surface area contributed by atoms with Gasteiger partial charge in [0.05, 0.1) is 38.3 Å². The molecule has 17 nitrogen and oxygen atoms in total. The van der Waals surface area contributed by atoms with E-state index in [1.165, 1.54) is 0 Å². The number of carboxylic acid groups (broad SMARTS) is 3. The summed E-state index contributed by atoms with van der Waals surface area (Å²) in [5.74, 6) is -8.02. The van der Waals surface area contributed by atoms with E-state index in [2.05, 4.69) is 0 Å². The first kappa shape index (κ1) is 28.9. The Labute approximate surface area is 191 Å². The number of nitrogens with zero attached hydrogens (tertiary/aromatic N) is 2. The van der Waals surface area contributed by atoms with Crippen molar-refractivity contribution in [1.82, 2.24) is 15.1 Å². The smallest absolute Gasteiger partial charge is 0.339 e. The lowest BCUT2D eigenvalue weighted by atomic mass is 9.88. The van der Waals surface area contributed by atoms with Crippen molar-refractivity contribution in [2.24, 2.45) is 0 Å². The topological polar surface area (TPSA) is 293 Å². The number of piperidine rings is 1. The maximum Gasteiger partial charge on any atom is 0.339 e. The van der Waals surface area contributed by atoms with Crippen LogP contribution in [-0.2, 0) is 19.2 Å². The molecule has 11 N–H and O–H groups in total. The van der Waals surface area contributed by atoms with Gasteiger partial charge in [0, 0.05) is 7.05 Å². The third-order valence-corrected chi connectivity index (χ3v) is 5.42. The summed E-state index contributed by atoms with van der Waals surface area (Å²) in [6.07, 6.45) is -6.93. The van der Waals surface area contributed by atoms with Crippen molar-refractivity contribution in [2.45, 2.75) is 48.5 Å². The SMILES string of the molecule is CN(CC(=O)N1[C@H](CO)[C@@H](O)C(O)[C@H](O)[C@H]1CO)C(=N)NC(C(=O)O)C(O)(CC(=O)O)C(=O)O. The molecule has 0 bridgehead atoms. The van der Waals surface area contributed by atoms with Gasteiger partial charge < -0.3 is 61.1 Å². The van der Waals surface area contributed by atoms with Crippen molar-refractivity contribution in [3.8, 4) is 0 Å². The summed E-state index contributed by atoms with van der Waals surface area (Å²) in [6, 6.07) is -5.45. The van der Waals surface area contributed by atoms with Crippen molar-refractivity contribution in [3.05, 3.63) is 0 Å². The maximum absolute atomic E-state index is 12.8. The summed E-state index contributed by atoms with van der Waals surface area (Å²) in [7, 11) is 1.05. The number of hydrogen-bond donors (Lipinski definition) is 11. The van der Waals surface area contributed by atoms with Crippen molar-refractivity contribution in [3.63, 3.8) is 0 Å². The van der Waals surface area contributed by atoms with Gasteiger partial charge in [0.25, 0.3) is 0 Å². The molecule has 17 heteroatoms. The van der Waals surface area contributed by atoms with Crippen molar-refractivity contribution >= 4 is 29.8 Å². The highest BCUT2D eigenvalue weighted by atomic mass is 16.4. The molecule has 0 aromatic carbocycles. The standard InChI is InChI=1S/C17H28N4O13/c1-20(16(18)19-13(14(30)31)17(34,15(32)33)2-9(25)26)3-8(24)21-6(4-22)10(27)12(29)11(28)7(21)5-23/h6-7,10-13,22-23,27-29,34H,2-5H2,1H3,(H2,18,19)(H,25,26)(H,30,31)(H,32,33)/t6-,7-,10-,11-,13?,17?/m1/s1. The van der Waals surface area contributed by atoms with Gasteiger partial charge in [-0.1, -0.05) is 0 Å². The van der Waals surface area contributed by atoms with Crippen LogP contribution >= 0.6 is 0 Å². The lowest BCUT2D eigenvalue weighted by molar-refractivity contribution is -0.187. The number of carboxylic acids is 3. The molecule has 0 aromatic rings. The molecule has 1 fully saturated rings. The first-order valence-electron chi connectivity index (χ1n) is 9.67. The first-order chi connectivity index (χ1) is 15.6. The van der Waals surface area contributed by atoms with E-state index >= 15 is 0 Å². The number of guanidine groups is 1. The Morgan fingerprint density at radius 2 is 1.47 bits per heavy atom. The molecule has 0 saturated carbocycles. The van der Waals surface area contributed by atoms with E-state index in [0.29, 0.717) is 9.80 Å². The Morgan fingerprint density at radius 3 is 1.82 bits per heavy atom. The number of rotatable bonds is 10. The van der Waals surface area contributed by atoms with E-state index < -0.39 is 98.0 Å². The zero-order valence-corrected chi connectivity index (χ0v) is 17.8. The van der Waals surface area contributed by atoms with Crippen LogP contribution in [0.4, 0.5) is 0 Å². The van der Waals surface area contributed by atoms with Crippen LogP contribution in [0.15, 0.2) is 0 Å². The largest absolute Gasteiger partial charge is 0.481 e. The van der Waals surface area contributed by atoms with Gasteiger partial charge in [-0.15, -0.1) is 0 Å². The molecule has 1 aliphatic heterocycles. The van der Waals surface area contributed by atoms with Crippen LogP contribution in [0.5, 0.6) is 0 Å². The molecule has 2 unspecified atom stereocenters. The van der Waals surface area contributed by atoms with Crippen LogP contribution < -0.4 is 5.32 Å². The number of hydrogen-bond acceptors (Lipinski definition) is 11. The van der Waals surface area contributed by atoms with Crippen LogP contribution in [-0.4, -0.2) is 154 Å². The zero-order valence-electron chi connectivity index (χ0n) is 17.8. The van der Waals surface area contributed by atoms with Crippen LogP contribution in [0.1, 0.15) is 6.42 Å². The number of aliphatic hydroxyl groups is 6. The van der Waals surface area contributed by atoms with Crippen LogP contribution in [0.3, 0.4) is 0 Å². The summed E-state index contributed by atoms with van der Waals surface area (Å²) >= 11 is 0. The number of carbonyl (C=O) groups is 4. The van der Waals surface area contributed by atoms with E-state index in [0.717, 1.165) is 7.05 Å². The third kappa shape index (κ3) is 5.88.